The van der Waals surface area contributed by atoms with E-state index in [1.165, 1.54) is 17.8 Å². The van der Waals surface area contributed by atoms with Gasteiger partial charge in [0.25, 0.3) is 0 Å². The summed E-state index contributed by atoms with van der Waals surface area (Å²) in [6, 6.07) is 1.84. The van der Waals surface area contributed by atoms with E-state index in [0.29, 0.717) is 0 Å². The normalized spacial score (nSPS) is 10.8. The molecule has 1 rings (SSSR count). The Morgan fingerprint density at radius 3 is 3.00 bits per heavy atom. The van der Waals surface area contributed by atoms with Crippen LogP contribution in [0.5, 0.6) is 0 Å². The molecule has 0 radical (unpaired) electrons. The average Bonchev–Trinajstić information content (AvgIpc) is 2.36. The Labute approximate surface area is 74.6 Å². The fraction of sp³-hybridized carbons (Fsp3) is 0.125. The summed E-state index contributed by atoms with van der Waals surface area (Å²) < 4.78 is 5.05. The number of hydrogen-bond donors (Lipinski definition) is 1. The molecular formula is C8H9NO2S. The summed E-state index contributed by atoms with van der Waals surface area (Å²) in [6.45, 7) is 1.86. The third-order valence-electron chi connectivity index (χ3n) is 1.24. The highest BCUT2D eigenvalue weighted by atomic mass is 32.2. The van der Waals surface area contributed by atoms with E-state index in [1.54, 1.807) is 11.7 Å². The second-order valence-electron chi connectivity index (χ2n) is 2.16. The minimum absolute atomic E-state index is 0.441. The number of hydrogen-bond acceptors (Lipinski definition) is 3. The molecular weight excluding hydrogens is 174 g/mol. The second kappa shape index (κ2) is 4.01. The number of carbonyl (C=O) groups excluding carboxylic acids is 1. The largest absolute Gasteiger partial charge is 0.468 e. The van der Waals surface area contributed by atoms with Gasteiger partial charge in [0.05, 0.1) is 11.2 Å². The van der Waals surface area contributed by atoms with Gasteiger partial charge in [-0.15, -0.1) is 0 Å². The van der Waals surface area contributed by atoms with Crippen molar-refractivity contribution in [1.29, 1.82) is 0 Å². The van der Waals surface area contributed by atoms with E-state index in [2.05, 4.69) is 0 Å². The number of furan rings is 1. The third-order valence-corrected chi connectivity index (χ3v) is 2.19. The zero-order valence-corrected chi connectivity index (χ0v) is 7.43. The number of rotatable bonds is 3. The zero-order valence-electron chi connectivity index (χ0n) is 6.61. The Hall–Kier alpha value is -1.16. The second-order valence-corrected chi connectivity index (χ2v) is 3.11. The first-order valence-corrected chi connectivity index (χ1v) is 4.25. The molecule has 0 aliphatic rings. The van der Waals surface area contributed by atoms with E-state index in [-0.39, 0.29) is 0 Å². The fourth-order valence-electron chi connectivity index (χ4n) is 0.670. The van der Waals surface area contributed by atoms with E-state index in [0.717, 1.165) is 10.7 Å². The van der Waals surface area contributed by atoms with Crippen molar-refractivity contribution in [2.75, 3.05) is 0 Å². The molecule has 1 amide bonds. The SMILES string of the molecule is Cc1occc1S/C=C\C(N)=O. The van der Waals surface area contributed by atoms with Crippen LogP contribution < -0.4 is 5.73 Å². The topological polar surface area (TPSA) is 56.2 Å². The Balaban J connectivity index is 2.54. The van der Waals surface area contributed by atoms with Gasteiger partial charge in [-0.1, -0.05) is 11.8 Å². The van der Waals surface area contributed by atoms with Crippen LogP contribution in [-0.2, 0) is 4.79 Å². The molecule has 12 heavy (non-hydrogen) atoms. The quantitative estimate of drug-likeness (QED) is 0.573. The first kappa shape index (κ1) is 8.93. The molecule has 0 atom stereocenters. The van der Waals surface area contributed by atoms with Crippen molar-refractivity contribution in [3.63, 3.8) is 0 Å². The number of carbonyl (C=O) groups is 1. The van der Waals surface area contributed by atoms with Gasteiger partial charge in [0, 0.05) is 6.08 Å². The van der Waals surface area contributed by atoms with Crippen LogP contribution >= 0.6 is 11.8 Å². The van der Waals surface area contributed by atoms with Gasteiger partial charge in [-0.2, -0.15) is 0 Å². The molecule has 1 aromatic heterocycles. The summed E-state index contributed by atoms with van der Waals surface area (Å²) in [7, 11) is 0. The highest BCUT2D eigenvalue weighted by Gasteiger charge is 1.98. The van der Waals surface area contributed by atoms with Crippen LogP contribution in [-0.4, -0.2) is 5.91 Å². The minimum atomic E-state index is -0.441. The van der Waals surface area contributed by atoms with E-state index in [1.807, 2.05) is 13.0 Å². The Morgan fingerprint density at radius 2 is 2.50 bits per heavy atom. The van der Waals surface area contributed by atoms with Gasteiger partial charge in [0.1, 0.15) is 5.76 Å². The minimum Gasteiger partial charge on any atom is -0.468 e. The lowest BCUT2D eigenvalue weighted by molar-refractivity contribution is -0.113. The Bertz CT molecular complexity index is 304. The van der Waals surface area contributed by atoms with Crippen molar-refractivity contribution >= 4 is 17.7 Å². The van der Waals surface area contributed by atoms with Crippen LogP contribution in [0.2, 0.25) is 0 Å². The van der Waals surface area contributed by atoms with Crippen molar-refractivity contribution < 1.29 is 9.21 Å². The molecule has 0 fully saturated rings. The number of thioether (sulfide) groups is 1. The molecule has 0 saturated carbocycles. The van der Waals surface area contributed by atoms with Crippen molar-refractivity contribution in [2.45, 2.75) is 11.8 Å². The van der Waals surface area contributed by atoms with Crippen LogP contribution in [0, 0.1) is 6.92 Å². The highest BCUT2D eigenvalue weighted by Crippen LogP contribution is 2.23. The summed E-state index contributed by atoms with van der Waals surface area (Å²) >= 11 is 1.41. The highest BCUT2D eigenvalue weighted by molar-refractivity contribution is 8.02. The standard InChI is InChI=1S/C8H9NO2S/c1-6-7(2-4-11-6)12-5-3-8(9)10/h2-5H,1H3,(H2,9,10)/b5-3-. The molecule has 4 heteroatoms. The summed E-state index contributed by atoms with van der Waals surface area (Å²) in [5, 5.41) is 1.64. The van der Waals surface area contributed by atoms with Crippen LogP contribution in [0.15, 0.2) is 33.1 Å². The maximum atomic E-state index is 10.3. The smallest absolute Gasteiger partial charge is 0.241 e. The molecule has 3 nitrogen and oxygen atoms in total. The van der Waals surface area contributed by atoms with Gasteiger partial charge in [0.15, 0.2) is 0 Å². The van der Waals surface area contributed by atoms with E-state index in [9.17, 15) is 4.79 Å². The van der Waals surface area contributed by atoms with Gasteiger partial charge in [0.2, 0.25) is 5.91 Å². The molecule has 64 valence electrons. The van der Waals surface area contributed by atoms with Crippen molar-refractivity contribution in [3.05, 3.63) is 29.6 Å². The predicted octanol–water partition coefficient (Wildman–Crippen LogP) is 1.68. The van der Waals surface area contributed by atoms with Crippen molar-refractivity contribution in [1.82, 2.24) is 0 Å². The molecule has 1 heterocycles. The predicted molar refractivity (Wildman–Crippen MR) is 47.6 cm³/mol. The van der Waals surface area contributed by atoms with Crippen LogP contribution in [0.1, 0.15) is 5.76 Å². The van der Waals surface area contributed by atoms with Gasteiger partial charge in [-0.25, -0.2) is 0 Å². The maximum absolute atomic E-state index is 10.3. The summed E-state index contributed by atoms with van der Waals surface area (Å²) in [5.74, 6) is 0.401. The summed E-state index contributed by atoms with van der Waals surface area (Å²) in [4.78, 5) is 11.3. The van der Waals surface area contributed by atoms with Gasteiger partial charge in [-0.05, 0) is 18.4 Å². The lowest BCUT2D eigenvalue weighted by Gasteiger charge is -1.89. The summed E-state index contributed by atoms with van der Waals surface area (Å²) in [5.41, 5.74) is 4.91. The summed E-state index contributed by atoms with van der Waals surface area (Å²) in [6.07, 6.45) is 2.92. The average molecular weight is 183 g/mol. The molecule has 0 aliphatic heterocycles. The molecule has 0 saturated heterocycles. The van der Waals surface area contributed by atoms with Gasteiger partial charge < -0.3 is 10.2 Å². The molecule has 0 aromatic carbocycles. The van der Waals surface area contributed by atoms with E-state index in [4.69, 9.17) is 10.2 Å². The van der Waals surface area contributed by atoms with Crippen molar-refractivity contribution in [2.24, 2.45) is 5.73 Å². The number of nitrogens with two attached hydrogens (primary N) is 1. The third kappa shape index (κ3) is 2.47. The zero-order chi connectivity index (χ0) is 8.97. The molecule has 2 N–H and O–H groups in total. The van der Waals surface area contributed by atoms with E-state index >= 15 is 0 Å². The van der Waals surface area contributed by atoms with Gasteiger partial charge in [-0.3, -0.25) is 4.79 Å². The van der Waals surface area contributed by atoms with E-state index < -0.39 is 5.91 Å². The lowest BCUT2D eigenvalue weighted by atomic mass is 10.5. The number of aryl methyl sites for hydroxylation is 1. The molecule has 0 aliphatic carbocycles. The Morgan fingerprint density at radius 1 is 1.75 bits per heavy atom. The lowest BCUT2D eigenvalue weighted by Crippen LogP contribution is -2.04. The van der Waals surface area contributed by atoms with Crippen LogP contribution in [0.3, 0.4) is 0 Å². The molecule has 0 spiro atoms. The molecule has 1 aromatic rings. The number of amides is 1. The van der Waals surface area contributed by atoms with Gasteiger partial charge >= 0.3 is 0 Å². The van der Waals surface area contributed by atoms with Crippen LogP contribution in [0.25, 0.3) is 0 Å². The maximum Gasteiger partial charge on any atom is 0.241 e. The first-order valence-electron chi connectivity index (χ1n) is 3.37. The first-order chi connectivity index (χ1) is 5.70. The Kier molecular flexibility index (Phi) is 2.99. The number of primary amides is 1. The fourth-order valence-corrected chi connectivity index (χ4v) is 1.37. The molecule has 0 unspecified atom stereocenters. The van der Waals surface area contributed by atoms with Crippen LogP contribution in [0.4, 0.5) is 0 Å². The molecule has 0 bridgehead atoms. The monoisotopic (exact) mass is 183 g/mol. The van der Waals surface area contributed by atoms with Crippen molar-refractivity contribution in [3.8, 4) is 0 Å².